The molecule has 84 valence electrons. The van der Waals surface area contributed by atoms with E-state index in [2.05, 4.69) is 0 Å². The number of carbonyl (C=O) groups is 2. The van der Waals surface area contributed by atoms with Gasteiger partial charge in [-0.1, -0.05) is 20.8 Å². The molecule has 2 bridgehead atoms. The molecule has 2 N–H and O–H groups in total. The van der Waals surface area contributed by atoms with Gasteiger partial charge in [0.2, 0.25) is 0 Å². The molecule has 0 aromatic carbocycles. The third-order valence-corrected chi connectivity index (χ3v) is 5.24. The summed E-state index contributed by atoms with van der Waals surface area (Å²) in [6, 6.07) is 0. The fourth-order valence-electron chi connectivity index (χ4n) is 3.47. The van der Waals surface area contributed by atoms with Crippen LogP contribution in [0.3, 0.4) is 0 Å². The Kier molecular flexibility index (Phi) is 1.85. The van der Waals surface area contributed by atoms with Gasteiger partial charge in [-0.2, -0.15) is 0 Å². The topological polar surface area (TPSA) is 66.4 Å². The van der Waals surface area contributed by atoms with Crippen molar-refractivity contribution >= 4 is 11.7 Å². The highest BCUT2D eigenvalue weighted by Gasteiger charge is 2.72. The van der Waals surface area contributed by atoms with Crippen LogP contribution in [0.25, 0.3) is 0 Å². The van der Waals surface area contributed by atoms with Crippen molar-refractivity contribution < 1.29 is 14.8 Å². The van der Waals surface area contributed by atoms with Crippen molar-refractivity contribution in [2.45, 2.75) is 40.0 Å². The molecule has 0 aromatic rings. The summed E-state index contributed by atoms with van der Waals surface area (Å²) >= 11 is 0. The molecule has 15 heavy (non-hydrogen) atoms. The van der Waals surface area contributed by atoms with Crippen LogP contribution in [0.2, 0.25) is 0 Å². The zero-order valence-electron chi connectivity index (χ0n) is 9.39. The van der Waals surface area contributed by atoms with Gasteiger partial charge in [-0.05, 0) is 18.3 Å². The molecule has 2 fully saturated rings. The second kappa shape index (κ2) is 2.61. The van der Waals surface area contributed by atoms with E-state index in [0.717, 1.165) is 6.42 Å². The minimum atomic E-state index is -0.701. The standard InChI is InChI=1S/C11H17NO3/c1-9(2)10(3)4-5-11(9,6-7(10)13)8(14)12-15/h15H,4-6H2,1-3H3,(H,12,14)/t10-,11-/m1/s1. The Balaban J connectivity index is 2.54. The Hall–Kier alpha value is -0.900. The van der Waals surface area contributed by atoms with Gasteiger partial charge >= 0.3 is 0 Å². The molecule has 0 spiro atoms. The summed E-state index contributed by atoms with van der Waals surface area (Å²) in [4.78, 5) is 23.7. The summed E-state index contributed by atoms with van der Waals surface area (Å²) < 4.78 is 0. The van der Waals surface area contributed by atoms with E-state index in [1.807, 2.05) is 20.8 Å². The highest BCUT2D eigenvalue weighted by Crippen LogP contribution is 2.70. The lowest BCUT2D eigenvalue weighted by Gasteiger charge is -2.38. The summed E-state index contributed by atoms with van der Waals surface area (Å²) in [6.07, 6.45) is 1.70. The summed E-state index contributed by atoms with van der Waals surface area (Å²) in [7, 11) is 0. The molecule has 2 aliphatic rings. The molecule has 2 aliphatic carbocycles. The number of hydrogen-bond acceptors (Lipinski definition) is 3. The van der Waals surface area contributed by atoms with Gasteiger partial charge in [0.05, 0.1) is 5.41 Å². The highest BCUT2D eigenvalue weighted by molar-refractivity contribution is 5.99. The van der Waals surface area contributed by atoms with Crippen molar-refractivity contribution in [2.75, 3.05) is 0 Å². The zero-order valence-corrected chi connectivity index (χ0v) is 9.39. The molecular weight excluding hydrogens is 194 g/mol. The van der Waals surface area contributed by atoms with E-state index < -0.39 is 16.7 Å². The Morgan fingerprint density at radius 3 is 2.27 bits per heavy atom. The number of rotatable bonds is 1. The molecule has 2 atom stereocenters. The molecule has 0 aliphatic heterocycles. The molecule has 1 amide bonds. The van der Waals surface area contributed by atoms with Gasteiger partial charge in [-0.3, -0.25) is 14.8 Å². The summed E-state index contributed by atoms with van der Waals surface area (Å²) in [5.74, 6) is -0.246. The quantitative estimate of drug-likeness (QED) is 0.507. The molecule has 2 saturated carbocycles. The fraction of sp³-hybridized carbons (Fsp3) is 0.818. The van der Waals surface area contributed by atoms with Crippen molar-refractivity contribution in [1.29, 1.82) is 0 Å². The van der Waals surface area contributed by atoms with Crippen LogP contribution in [0.5, 0.6) is 0 Å². The summed E-state index contributed by atoms with van der Waals surface area (Å²) in [5.41, 5.74) is 0.252. The van der Waals surface area contributed by atoms with Crippen LogP contribution in [-0.4, -0.2) is 16.9 Å². The Morgan fingerprint density at radius 2 is 1.93 bits per heavy atom. The highest BCUT2D eigenvalue weighted by atomic mass is 16.5. The maximum Gasteiger partial charge on any atom is 0.250 e. The smallest absolute Gasteiger partial charge is 0.250 e. The summed E-state index contributed by atoms with van der Waals surface area (Å²) in [6.45, 7) is 5.86. The van der Waals surface area contributed by atoms with Crippen molar-refractivity contribution in [1.82, 2.24) is 5.48 Å². The average Bonchev–Trinajstić information content (AvgIpc) is 2.47. The first-order valence-corrected chi connectivity index (χ1v) is 5.30. The monoisotopic (exact) mass is 211 g/mol. The second-order valence-corrected chi connectivity index (χ2v) is 5.58. The molecular formula is C11H17NO3. The minimum Gasteiger partial charge on any atom is -0.299 e. The number of hydrogen-bond donors (Lipinski definition) is 2. The minimum absolute atomic E-state index is 0.155. The van der Waals surface area contributed by atoms with Gasteiger partial charge in [-0.25, -0.2) is 5.48 Å². The van der Waals surface area contributed by atoms with E-state index in [9.17, 15) is 9.59 Å². The van der Waals surface area contributed by atoms with E-state index in [1.165, 1.54) is 0 Å². The Labute approximate surface area is 89.0 Å². The fourth-order valence-corrected chi connectivity index (χ4v) is 3.47. The molecule has 0 unspecified atom stereocenters. The lowest BCUT2D eigenvalue weighted by Crippen LogP contribution is -2.45. The molecule has 0 heterocycles. The normalized spacial score (nSPS) is 42.0. The molecule has 2 rings (SSSR count). The predicted molar refractivity (Wildman–Crippen MR) is 53.1 cm³/mol. The van der Waals surface area contributed by atoms with Crippen molar-refractivity contribution in [3.8, 4) is 0 Å². The molecule has 0 radical (unpaired) electrons. The van der Waals surface area contributed by atoms with E-state index >= 15 is 0 Å². The van der Waals surface area contributed by atoms with E-state index in [1.54, 1.807) is 5.48 Å². The second-order valence-electron chi connectivity index (χ2n) is 5.58. The van der Waals surface area contributed by atoms with Crippen molar-refractivity contribution in [2.24, 2.45) is 16.2 Å². The maximum absolute atomic E-state index is 11.9. The maximum atomic E-state index is 11.9. The number of Topliss-reactive ketones (excluding diaryl/α,β-unsaturated/α-hetero) is 1. The van der Waals surface area contributed by atoms with Gasteiger partial charge in [-0.15, -0.1) is 0 Å². The van der Waals surface area contributed by atoms with Crippen LogP contribution in [0, 0.1) is 16.2 Å². The van der Waals surface area contributed by atoms with Crippen LogP contribution in [0.15, 0.2) is 0 Å². The van der Waals surface area contributed by atoms with Gasteiger partial charge in [0.15, 0.2) is 0 Å². The SMILES string of the molecule is CC1(C)[C@]2(C(=O)NO)CC[C@]1(C)C(=O)C2. The number of amides is 1. The largest absolute Gasteiger partial charge is 0.299 e. The van der Waals surface area contributed by atoms with Gasteiger partial charge in [0.1, 0.15) is 5.78 Å². The van der Waals surface area contributed by atoms with E-state index in [0.29, 0.717) is 6.42 Å². The third kappa shape index (κ3) is 0.869. The number of fused-ring (bicyclic) bond motifs is 2. The molecule has 4 nitrogen and oxygen atoms in total. The lowest BCUT2D eigenvalue weighted by molar-refractivity contribution is -0.145. The Morgan fingerprint density at radius 1 is 1.33 bits per heavy atom. The molecule has 0 saturated heterocycles. The average molecular weight is 211 g/mol. The number of nitrogens with one attached hydrogen (secondary N) is 1. The molecule has 0 aromatic heterocycles. The van der Waals surface area contributed by atoms with Crippen LogP contribution < -0.4 is 5.48 Å². The molecule has 4 heteroatoms. The first kappa shape index (κ1) is 10.6. The van der Waals surface area contributed by atoms with Crippen LogP contribution in [0.1, 0.15) is 40.0 Å². The van der Waals surface area contributed by atoms with E-state index in [4.69, 9.17) is 5.21 Å². The number of hydroxylamine groups is 1. The summed E-state index contributed by atoms with van der Waals surface area (Å²) in [5, 5.41) is 8.80. The Bertz CT molecular complexity index is 350. The van der Waals surface area contributed by atoms with Crippen molar-refractivity contribution in [3.63, 3.8) is 0 Å². The van der Waals surface area contributed by atoms with Crippen LogP contribution in [-0.2, 0) is 9.59 Å². The first-order chi connectivity index (χ1) is 6.82. The van der Waals surface area contributed by atoms with Crippen LogP contribution in [0.4, 0.5) is 0 Å². The number of carbonyl (C=O) groups excluding carboxylic acids is 2. The third-order valence-electron chi connectivity index (χ3n) is 5.24. The lowest BCUT2D eigenvalue weighted by atomic mass is 9.64. The van der Waals surface area contributed by atoms with E-state index in [-0.39, 0.29) is 17.6 Å². The van der Waals surface area contributed by atoms with Crippen LogP contribution >= 0.6 is 0 Å². The zero-order chi connectivity index (χ0) is 11.5. The van der Waals surface area contributed by atoms with Gasteiger partial charge < -0.3 is 0 Å². The first-order valence-electron chi connectivity index (χ1n) is 5.30. The number of ketones is 1. The van der Waals surface area contributed by atoms with Gasteiger partial charge in [0.25, 0.3) is 5.91 Å². The van der Waals surface area contributed by atoms with Gasteiger partial charge in [0, 0.05) is 11.8 Å². The predicted octanol–water partition coefficient (Wildman–Crippen LogP) is 1.28. The van der Waals surface area contributed by atoms with Crippen molar-refractivity contribution in [3.05, 3.63) is 0 Å².